The Hall–Kier alpha value is -1.78. The van der Waals surface area contributed by atoms with E-state index in [0.29, 0.717) is 16.6 Å². The van der Waals surface area contributed by atoms with Crippen LogP contribution in [0, 0.1) is 0 Å². The first kappa shape index (κ1) is 16.6. The average Bonchev–Trinajstić information content (AvgIpc) is 2.49. The molecule has 1 atom stereocenters. The molecule has 22 heavy (non-hydrogen) atoms. The lowest BCUT2D eigenvalue weighted by Gasteiger charge is -2.15. The number of hydrogen-bond donors (Lipinski definition) is 1. The molecule has 1 aromatic carbocycles. The van der Waals surface area contributed by atoms with Crippen LogP contribution in [0.4, 0.5) is 0 Å². The second-order valence-corrected chi connectivity index (χ2v) is 5.76. The van der Waals surface area contributed by atoms with Crippen LogP contribution in [0.3, 0.4) is 0 Å². The van der Waals surface area contributed by atoms with Crippen LogP contribution < -0.4 is 10.9 Å². The summed E-state index contributed by atoms with van der Waals surface area (Å²) in [5, 5.41) is 3.81. The van der Waals surface area contributed by atoms with Crippen molar-refractivity contribution in [2.45, 2.75) is 25.9 Å². The minimum Gasteiger partial charge on any atom is -0.350 e. The van der Waals surface area contributed by atoms with Crippen LogP contribution in [0.15, 0.2) is 47.4 Å². The first-order chi connectivity index (χ1) is 10.5. The molecule has 1 heterocycles. The molecule has 2 rings (SSSR count). The molecule has 2 aromatic rings. The Morgan fingerprint density at radius 3 is 2.68 bits per heavy atom. The monoisotopic (exact) mass is 338 g/mol. The van der Waals surface area contributed by atoms with Crippen molar-refractivity contribution in [2.24, 2.45) is 0 Å². The van der Waals surface area contributed by atoms with Crippen LogP contribution in [0.25, 0.3) is 0 Å². The third-order valence-electron chi connectivity index (χ3n) is 3.30. The number of amides is 1. The topological polar surface area (TPSA) is 51.1 Å². The predicted molar refractivity (Wildman–Crippen MR) is 88.3 cm³/mol. The van der Waals surface area contributed by atoms with Gasteiger partial charge in [0.05, 0.1) is 16.1 Å². The Bertz CT molecular complexity index is 728. The Morgan fingerprint density at radius 2 is 2.00 bits per heavy atom. The molecule has 0 radical (unpaired) electrons. The summed E-state index contributed by atoms with van der Waals surface area (Å²) in [6, 6.07) is 9.97. The highest BCUT2D eigenvalue weighted by Gasteiger charge is 2.11. The van der Waals surface area contributed by atoms with Crippen molar-refractivity contribution in [2.75, 3.05) is 0 Å². The Labute approximate surface area is 138 Å². The summed E-state index contributed by atoms with van der Waals surface area (Å²) < 4.78 is 1.50. The number of aryl methyl sites for hydroxylation is 1. The van der Waals surface area contributed by atoms with Gasteiger partial charge >= 0.3 is 0 Å². The van der Waals surface area contributed by atoms with E-state index in [9.17, 15) is 9.59 Å². The molecule has 1 N–H and O–H groups in total. The zero-order valence-corrected chi connectivity index (χ0v) is 13.6. The highest BCUT2D eigenvalue weighted by atomic mass is 35.5. The van der Waals surface area contributed by atoms with E-state index in [1.807, 2.05) is 13.0 Å². The highest BCUT2D eigenvalue weighted by Crippen LogP contribution is 2.25. The van der Waals surface area contributed by atoms with Crippen molar-refractivity contribution in [1.82, 2.24) is 9.88 Å². The van der Waals surface area contributed by atoms with Gasteiger partial charge in [0.15, 0.2) is 0 Å². The quantitative estimate of drug-likeness (QED) is 0.907. The van der Waals surface area contributed by atoms with Crippen molar-refractivity contribution in [1.29, 1.82) is 0 Å². The van der Waals surface area contributed by atoms with Crippen LogP contribution >= 0.6 is 23.2 Å². The van der Waals surface area contributed by atoms with Crippen molar-refractivity contribution in [3.8, 4) is 0 Å². The van der Waals surface area contributed by atoms with Gasteiger partial charge in [0.25, 0.3) is 5.56 Å². The minimum absolute atomic E-state index is 0.118. The van der Waals surface area contributed by atoms with Crippen molar-refractivity contribution < 1.29 is 4.79 Å². The molecule has 116 valence electrons. The smallest absolute Gasteiger partial charge is 0.250 e. The van der Waals surface area contributed by atoms with E-state index in [0.717, 1.165) is 5.56 Å². The largest absolute Gasteiger partial charge is 0.350 e. The number of nitrogens with one attached hydrogen (secondary N) is 1. The molecule has 1 aromatic heterocycles. The number of pyridine rings is 1. The van der Waals surface area contributed by atoms with E-state index in [2.05, 4.69) is 5.32 Å². The SMILES string of the molecule is CC(NC(=O)CCn1ccccc1=O)c1ccc(Cl)c(Cl)c1. The molecule has 0 saturated carbocycles. The molecular formula is C16H16Cl2N2O2. The maximum Gasteiger partial charge on any atom is 0.250 e. The van der Waals surface area contributed by atoms with E-state index < -0.39 is 0 Å². The Kier molecular flexibility index (Phi) is 5.63. The number of halogens is 2. The zero-order chi connectivity index (χ0) is 16.1. The van der Waals surface area contributed by atoms with Gasteiger partial charge in [-0.05, 0) is 30.7 Å². The number of aromatic nitrogens is 1. The molecule has 0 aliphatic carbocycles. The molecular weight excluding hydrogens is 323 g/mol. The summed E-state index contributed by atoms with van der Waals surface area (Å²) in [4.78, 5) is 23.5. The van der Waals surface area contributed by atoms with Gasteiger partial charge in [-0.3, -0.25) is 9.59 Å². The van der Waals surface area contributed by atoms with Gasteiger partial charge in [-0.15, -0.1) is 0 Å². The van der Waals surface area contributed by atoms with Gasteiger partial charge in [-0.1, -0.05) is 35.3 Å². The lowest BCUT2D eigenvalue weighted by Crippen LogP contribution is -2.29. The van der Waals surface area contributed by atoms with E-state index in [1.54, 1.807) is 30.5 Å². The normalized spacial score (nSPS) is 12.0. The molecule has 0 spiro atoms. The molecule has 6 heteroatoms. The first-order valence-electron chi connectivity index (χ1n) is 6.87. The van der Waals surface area contributed by atoms with Crippen molar-refractivity contribution in [3.63, 3.8) is 0 Å². The maximum atomic E-state index is 12.0. The maximum absolute atomic E-state index is 12.0. The van der Waals surface area contributed by atoms with Gasteiger partial charge in [-0.25, -0.2) is 0 Å². The van der Waals surface area contributed by atoms with Crippen LogP contribution in [-0.2, 0) is 11.3 Å². The zero-order valence-electron chi connectivity index (χ0n) is 12.1. The van der Waals surface area contributed by atoms with Crippen LogP contribution in [0.1, 0.15) is 24.9 Å². The molecule has 1 unspecified atom stereocenters. The van der Waals surface area contributed by atoms with Gasteiger partial charge in [-0.2, -0.15) is 0 Å². The number of hydrogen-bond acceptors (Lipinski definition) is 2. The first-order valence-corrected chi connectivity index (χ1v) is 7.63. The van der Waals surface area contributed by atoms with Crippen LogP contribution in [-0.4, -0.2) is 10.5 Å². The standard InChI is InChI=1S/C16H16Cl2N2O2/c1-11(12-5-6-13(17)14(18)10-12)19-15(21)7-9-20-8-3-2-4-16(20)22/h2-6,8,10-11H,7,9H2,1H3,(H,19,21). The molecule has 0 aliphatic rings. The lowest BCUT2D eigenvalue weighted by molar-refractivity contribution is -0.121. The molecule has 0 saturated heterocycles. The van der Waals surface area contributed by atoms with E-state index >= 15 is 0 Å². The highest BCUT2D eigenvalue weighted by molar-refractivity contribution is 6.42. The summed E-state index contributed by atoms with van der Waals surface area (Å²) in [6.07, 6.45) is 1.90. The van der Waals surface area contributed by atoms with Gasteiger partial charge < -0.3 is 9.88 Å². The van der Waals surface area contributed by atoms with E-state index in [1.165, 1.54) is 10.6 Å². The fraction of sp³-hybridized carbons (Fsp3) is 0.250. The summed E-state index contributed by atoms with van der Waals surface area (Å²) in [5.74, 6) is -0.130. The second-order valence-electron chi connectivity index (χ2n) is 4.95. The summed E-state index contributed by atoms with van der Waals surface area (Å²) in [6.45, 7) is 2.21. The number of carbonyl (C=O) groups is 1. The molecule has 1 amide bonds. The molecule has 0 bridgehead atoms. The summed E-state index contributed by atoms with van der Waals surface area (Å²) >= 11 is 11.8. The third-order valence-corrected chi connectivity index (χ3v) is 4.04. The van der Waals surface area contributed by atoms with Gasteiger partial charge in [0.1, 0.15) is 0 Å². The van der Waals surface area contributed by atoms with E-state index in [4.69, 9.17) is 23.2 Å². The second kappa shape index (κ2) is 7.47. The number of carbonyl (C=O) groups excluding carboxylic acids is 1. The average molecular weight is 339 g/mol. The van der Waals surface area contributed by atoms with E-state index in [-0.39, 0.29) is 23.9 Å². The number of benzene rings is 1. The molecule has 4 nitrogen and oxygen atoms in total. The summed E-state index contributed by atoms with van der Waals surface area (Å²) in [5.41, 5.74) is 0.757. The number of nitrogens with zero attached hydrogens (tertiary/aromatic N) is 1. The Balaban J connectivity index is 1.92. The van der Waals surface area contributed by atoms with Gasteiger partial charge in [0.2, 0.25) is 5.91 Å². The van der Waals surface area contributed by atoms with Crippen molar-refractivity contribution >= 4 is 29.1 Å². The van der Waals surface area contributed by atoms with Crippen LogP contribution in [0.2, 0.25) is 10.0 Å². The molecule has 0 aliphatic heterocycles. The van der Waals surface area contributed by atoms with Crippen molar-refractivity contribution in [3.05, 3.63) is 68.6 Å². The van der Waals surface area contributed by atoms with Gasteiger partial charge in [0, 0.05) is 25.2 Å². The Morgan fingerprint density at radius 1 is 1.23 bits per heavy atom. The molecule has 0 fully saturated rings. The summed E-state index contributed by atoms with van der Waals surface area (Å²) in [7, 11) is 0. The lowest BCUT2D eigenvalue weighted by atomic mass is 10.1. The number of rotatable bonds is 5. The van der Waals surface area contributed by atoms with Crippen LogP contribution in [0.5, 0.6) is 0 Å². The predicted octanol–water partition coefficient (Wildman–Crippen LogP) is 3.42. The minimum atomic E-state index is -0.185. The fourth-order valence-corrected chi connectivity index (χ4v) is 2.35. The fourth-order valence-electron chi connectivity index (χ4n) is 2.05. The third kappa shape index (κ3) is 4.36.